The Morgan fingerprint density at radius 3 is 2.62 bits per heavy atom. The highest BCUT2D eigenvalue weighted by Crippen LogP contribution is 2.63. The summed E-state index contributed by atoms with van der Waals surface area (Å²) in [7, 11) is -3.54. The lowest BCUT2D eigenvalue weighted by Gasteiger charge is -2.09. The van der Waals surface area contributed by atoms with Crippen LogP contribution >= 0.6 is 0 Å². The molecule has 3 rings (SSSR count). The molecule has 1 aliphatic heterocycles. The molecule has 0 radical (unpaired) electrons. The summed E-state index contributed by atoms with van der Waals surface area (Å²) in [5.74, 6) is -0.820. The van der Waals surface area contributed by atoms with Gasteiger partial charge in [-0.05, 0) is 17.7 Å². The Hall–Kier alpha value is -1.80. The van der Waals surface area contributed by atoms with Crippen LogP contribution in [0, 0.1) is 5.41 Å². The van der Waals surface area contributed by atoms with Crippen molar-refractivity contribution in [3.63, 3.8) is 0 Å². The molecule has 3 N–H and O–H groups in total. The second-order valence-corrected chi connectivity index (χ2v) is 7.56. The number of nitrogens with two attached hydrogens (primary N) is 1. The van der Waals surface area contributed by atoms with Crippen molar-refractivity contribution >= 4 is 15.8 Å². The first-order chi connectivity index (χ1) is 9.82. The average Bonchev–Trinajstić information content (AvgIpc) is 2.92. The van der Waals surface area contributed by atoms with Gasteiger partial charge in [0.2, 0.25) is 6.79 Å². The van der Waals surface area contributed by atoms with Gasteiger partial charge in [-0.25, -0.2) is 8.42 Å². The van der Waals surface area contributed by atoms with E-state index >= 15 is 0 Å². The molecule has 2 aliphatic rings. The zero-order valence-corrected chi connectivity index (χ0v) is 12.1. The smallest absolute Gasteiger partial charge is 0.312 e. The average molecular weight is 313 g/mol. The molecule has 0 aromatic heterocycles. The zero-order chi connectivity index (χ0) is 15.4. The predicted molar refractivity (Wildman–Crippen MR) is 73.1 cm³/mol. The van der Waals surface area contributed by atoms with E-state index in [1.165, 1.54) is 0 Å². The fourth-order valence-electron chi connectivity index (χ4n) is 3.20. The number of hydrogen-bond acceptors (Lipinski definition) is 6. The van der Waals surface area contributed by atoms with Gasteiger partial charge in [-0.2, -0.15) is 0 Å². The van der Waals surface area contributed by atoms with Crippen molar-refractivity contribution in [1.29, 1.82) is 0 Å². The standard InChI is InChI=1S/C13H15NO6S/c1-21(17,18)11-10(13(11,5-14)12(15)16)7-2-3-8-9(4-7)20-6-19-8/h2-4,10-11H,5-6,14H2,1H3,(H,15,16)/t10-,11+,13-/m0/s1. The molecule has 8 heteroatoms. The highest BCUT2D eigenvalue weighted by atomic mass is 32.2. The summed E-state index contributed by atoms with van der Waals surface area (Å²) >= 11 is 0. The second kappa shape index (κ2) is 4.35. The van der Waals surface area contributed by atoms with Crippen molar-refractivity contribution < 1.29 is 27.8 Å². The minimum atomic E-state index is -3.54. The predicted octanol–water partition coefficient (Wildman–Crippen LogP) is -0.0446. The summed E-state index contributed by atoms with van der Waals surface area (Å²) in [6, 6.07) is 4.95. The van der Waals surface area contributed by atoms with E-state index in [2.05, 4.69) is 0 Å². The van der Waals surface area contributed by atoms with Gasteiger partial charge in [0.25, 0.3) is 0 Å². The van der Waals surface area contributed by atoms with E-state index in [9.17, 15) is 18.3 Å². The first-order valence-corrected chi connectivity index (χ1v) is 8.29. The molecule has 0 unspecified atom stereocenters. The number of sulfone groups is 1. The molecule has 114 valence electrons. The SMILES string of the molecule is CS(=O)(=O)[C@@H]1[C@H](c2ccc3c(c2)OCO3)[C@]1(CN)C(=O)O. The van der Waals surface area contributed by atoms with Crippen LogP contribution in [-0.4, -0.2) is 44.3 Å². The lowest BCUT2D eigenvalue weighted by Crippen LogP contribution is -2.31. The van der Waals surface area contributed by atoms with Gasteiger partial charge < -0.3 is 20.3 Å². The summed E-state index contributed by atoms with van der Waals surface area (Å²) in [5.41, 5.74) is 4.71. The topological polar surface area (TPSA) is 116 Å². The Kier molecular flexibility index (Phi) is 2.93. The highest BCUT2D eigenvalue weighted by molar-refractivity contribution is 7.91. The number of rotatable bonds is 4. The Morgan fingerprint density at radius 1 is 1.43 bits per heavy atom. The van der Waals surface area contributed by atoms with Crippen LogP contribution in [0.3, 0.4) is 0 Å². The molecule has 0 spiro atoms. The van der Waals surface area contributed by atoms with Crippen LogP contribution in [0.25, 0.3) is 0 Å². The fourth-order valence-corrected chi connectivity index (χ4v) is 5.12. The Bertz CT molecular complexity index is 715. The maximum absolute atomic E-state index is 11.9. The third-order valence-corrected chi connectivity index (χ3v) is 5.82. The third-order valence-electron chi connectivity index (χ3n) is 4.21. The van der Waals surface area contributed by atoms with E-state index in [0.717, 1.165) is 6.26 Å². The molecule has 3 atom stereocenters. The zero-order valence-electron chi connectivity index (χ0n) is 11.3. The van der Waals surface area contributed by atoms with Crippen LogP contribution < -0.4 is 15.2 Å². The van der Waals surface area contributed by atoms with E-state index in [1.54, 1.807) is 18.2 Å². The number of hydrogen-bond donors (Lipinski definition) is 2. The van der Waals surface area contributed by atoms with Crippen LogP contribution in [0.15, 0.2) is 18.2 Å². The molecule has 7 nitrogen and oxygen atoms in total. The van der Waals surface area contributed by atoms with Gasteiger partial charge in [0, 0.05) is 18.7 Å². The number of ether oxygens (including phenoxy) is 2. The molecule has 0 bridgehead atoms. The molecule has 1 fully saturated rings. The second-order valence-electron chi connectivity index (χ2n) is 5.39. The Morgan fingerprint density at radius 2 is 2.10 bits per heavy atom. The van der Waals surface area contributed by atoms with Crippen LogP contribution in [0.1, 0.15) is 11.5 Å². The number of aliphatic carboxylic acids is 1. The summed E-state index contributed by atoms with van der Waals surface area (Å²) < 4.78 is 34.3. The van der Waals surface area contributed by atoms with Crippen molar-refractivity contribution in [2.24, 2.45) is 11.1 Å². The normalized spacial score (nSPS) is 30.2. The minimum Gasteiger partial charge on any atom is -0.481 e. The monoisotopic (exact) mass is 313 g/mol. The largest absolute Gasteiger partial charge is 0.481 e. The van der Waals surface area contributed by atoms with E-state index in [-0.39, 0.29) is 13.3 Å². The van der Waals surface area contributed by atoms with E-state index in [4.69, 9.17) is 15.2 Å². The molecule has 21 heavy (non-hydrogen) atoms. The molecule has 1 aliphatic carbocycles. The van der Waals surface area contributed by atoms with Crippen LogP contribution in [0.2, 0.25) is 0 Å². The molecular formula is C13H15NO6S. The molecule has 1 heterocycles. The molecule has 1 aromatic carbocycles. The van der Waals surface area contributed by atoms with Gasteiger partial charge in [0.15, 0.2) is 21.3 Å². The lowest BCUT2D eigenvalue weighted by atomic mass is 9.99. The van der Waals surface area contributed by atoms with Crippen LogP contribution in [-0.2, 0) is 14.6 Å². The number of carboxylic acid groups (broad SMARTS) is 1. The minimum absolute atomic E-state index is 0.0971. The number of carbonyl (C=O) groups is 1. The van der Waals surface area contributed by atoms with Gasteiger partial charge in [0.1, 0.15) is 5.41 Å². The number of fused-ring (bicyclic) bond motifs is 1. The molecule has 0 amide bonds. The van der Waals surface area contributed by atoms with Gasteiger partial charge >= 0.3 is 5.97 Å². The fraction of sp³-hybridized carbons (Fsp3) is 0.462. The maximum Gasteiger partial charge on any atom is 0.312 e. The molecule has 0 saturated heterocycles. The number of benzene rings is 1. The highest BCUT2D eigenvalue weighted by Gasteiger charge is 2.74. The summed E-state index contributed by atoms with van der Waals surface area (Å²) in [4.78, 5) is 11.6. The van der Waals surface area contributed by atoms with E-state index in [1.807, 2.05) is 0 Å². The summed E-state index contributed by atoms with van der Waals surface area (Å²) in [5, 5.41) is 8.44. The van der Waals surface area contributed by atoms with Crippen LogP contribution in [0.4, 0.5) is 0 Å². The van der Waals surface area contributed by atoms with Crippen molar-refractivity contribution in [1.82, 2.24) is 0 Å². The molecule has 1 aromatic rings. The third kappa shape index (κ3) is 1.90. The van der Waals surface area contributed by atoms with E-state index in [0.29, 0.717) is 17.1 Å². The first kappa shape index (κ1) is 14.2. The van der Waals surface area contributed by atoms with Gasteiger partial charge in [-0.1, -0.05) is 6.07 Å². The first-order valence-electron chi connectivity index (χ1n) is 6.34. The summed E-state index contributed by atoms with van der Waals surface area (Å²) in [6.07, 6.45) is 1.04. The van der Waals surface area contributed by atoms with Crippen molar-refractivity contribution in [3.05, 3.63) is 23.8 Å². The molecule has 1 saturated carbocycles. The quantitative estimate of drug-likeness (QED) is 0.801. The van der Waals surface area contributed by atoms with Gasteiger partial charge in [-0.3, -0.25) is 4.79 Å². The Labute approximate surface area is 121 Å². The van der Waals surface area contributed by atoms with E-state index < -0.39 is 32.4 Å². The number of carboxylic acids is 1. The van der Waals surface area contributed by atoms with Crippen LogP contribution in [0.5, 0.6) is 11.5 Å². The lowest BCUT2D eigenvalue weighted by molar-refractivity contribution is -0.143. The van der Waals surface area contributed by atoms with Crippen molar-refractivity contribution in [3.8, 4) is 11.5 Å². The molecular weight excluding hydrogens is 298 g/mol. The van der Waals surface area contributed by atoms with Gasteiger partial charge in [0.05, 0.1) is 5.25 Å². The summed E-state index contributed by atoms with van der Waals surface area (Å²) in [6.45, 7) is -0.140. The van der Waals surface area contributed by atoms with Gasteiger partial charge in [-0.15, -0.1) is 0 Å². The van der Waals surface area contributed by atoms with Crippen molar-refractivity contribution in [2.45, 2.75) is 11.2 Å². The Balaban J connectivity index is 2.06. The van der Waals surface area contributed by atoms with Crippen molar-refractivity contribution in [2.75, 3.05) is 19.6 Å². The maximum atomic E-state index is 11.9.